The van der Waals surface area contributed by atoms with Crippen LogP contribution in [0, 0.1) is 13.8 Å². The SMILES string of the molecule is CC1=Cc2cc(-n3cnnn3)cc(-c3ccc(C)cc3)c2C1[Si](C)(C)C1=C(C)Cc2cc(-n3cnnn3)cc(-c3ccc(C)cc3)c21. The molecule has 1 unspecified atom stereocenters. The molecule has 2 heterocycles. The molecule has 0 fully saturated rings. The lowest BCUT2D eigenvalue weighted by Crippen LogP contribution is -2.37. The second kappa shape index (κ2) is 10.9. The Morgan fingerprint density at radius 3 is 1.81 bits per heavy atom. The van der Waals surface area contributed by atoms with Gasteiger partial charge in [-0.05, 0) is 124 Å². The Kier molecular flexibility index (Phi) is 6.77. The fourth-order valence-corrected chi connectivity index (χ4v) is 12.8. The minimum Gasteiger partial charge on any atom is -0.201 e. The molecular weight excluding hydrogens is 597 g/mol. The zero-order valence-corrected chi connectivity index (χ0v) is 28.5. The Morgan fingerprint density at radius 2 is 1.23 bits per heavy atom. The number of hydrogen-bond donors (Lipinski definition) is 0. The van der Waals surface area contributed by atoms with E-state index in [0.29, 0.717) is 0 Å². The van der Waals surface area contributed by atoms with E-state index in [2.05, 4.69) is 151 Å². The molecule has 2 aliphatic carbocycles. The highest BCUT2D eigenvalue weighted by molar-refractivity contribution is 6.96. The molecule has 0 aliphatic heterocycles. The number of nitrogens with zero attached hydrogens (tertiary/aromatic N) is 8. The van der Waals surface area contributed by atoms with Gasteiger partial charge in [0.25, 0.3) is 0 Å². The number of allylic oxidation sites excluding steroid dienone is 2. The quantitative estimate of drug-likeness (QED) is 0.174. The van der Waals surface area contributed by atoms with Crippen molar-refractivity contribution in [2.75, 3.05) is 0 Å². The summed E-state index contributed by atoms with van der Waals surface area (Å²) >= 11 is 0. The fourth-order valence-electron chi connectivity index (χ4n) is 8.07. The molecule has 0 radical (unpaired) electrons. The van der Waals surface area contributed by atoms with Crippen molar-refractivity contribution in [3.05, 3.63) is 130 Å². The third-order valence-electron chi connectivity index (χ3n) is 9.98. The van der Waals surface area contributed by atoms with Crippen molar-refractivity contribution < 1.29 is 0 Å². The van der Waals surface area contributed by atoms with Crippen LogP contribution in [0.3, 0.4) is 0 Å². The van der Waals surface area contributed by atoms with Gasteiger partial charge >= 0.3 is 0 Å². The van der Waals surface area contributed by atoms with Crippen LogP contribution in [0.4, 0.5) is 0 Å². The molecule has 1 atom stereocenters. The monoisotopic (exact) mass is 632 g/mol. The highest BCUT2D eigenvalue weighted by Crippen LogP contribution is 2.54. The summed E-state index contributed by atoms with van der Waals surface area (Å²) in [6.45, 7) is 14.1. The van der Waals surface area contributed by atoms with Crippen LogP contribution in [0.25, 0.3) is 44.9 Å². The standard InChI is InChI=1S/C38H36N8Si/c1-23-7-11-27(12-8-23)33-19-31(45-21-39-41-43-45)17-29-15-25(3)37(35(29)33)47(5,6)38-26(4)16-30-18-32(46-22-40-42-44-46)20-34(36(30)38)28-13-9-24(2)10-14-28/h7-15,17-22,37H,16H2,1-6H3. The van der Waals surface area contributed by atoms with E-state index in [4.69, 9.17) is 0 Å². The maximum atomic E-state index is 4.24. The zero-order chi connectivity index (χ0) is 32.4. The van der Waals surface area contributed by atoms with Crippen LogP contribution in [0.2, 0.25) is 13.1 Å². The van der Waals surface area contributed by atoms with Gasteiger partial charge < -0.3 is 0 Å². The van der Waals surface area contributed by atoms with Crippen LogP contribution in [-0.2, 0) is 6.42 Å². The predicted octanol–water partition coefficient (Wildman–Crippen LogP) is 7.91. The number of rotatable bonds is 6. The lowest BCUT2D eigenvalue weighted by atomic mass is 9.94. The van der Waals surface area contributed by atoms with Crippen LogP contribution in [0.5, 0.6) is 0 Å². The molecule has 8 nitrogen and oxygen atoms in total. The van der Waals surface area contributed by atoms with Crippen molar-refractivity contribution in [2.24, 2.45) is 0 Å². The van der Waals surface area contributed by atoms with Gasteiger partial charge in [-0.1, -0.05) is 95.2 Å². The van der Waals surface area contributed by atoms with E-state index in [-0.39, 0.29) is 5.54 Å². The van der Waals surface area contributed by atoms with Crippen molar-refractivity contribution in [1.82, 2.24) is 40.4 Å². The van der Waals surface area contributed by atoms with Crippen LogP contribution >= 0.6 is 0 Å². The molecule has 2 aromatic heterocycles. The number of fused-ring (bicyclic) bond motifs is 2. The summed E-state index contributed by atoms with van der Waals surface area (Å²) in [6, 6.07) is 26.9. The van der Waals surface area contributed by atoms with E-state index in [9.17, 15) is 0 Å². The van der Waals surface area contributed by atoms with Crippen LogP contribution in [0.15, 0.2) is 96.6 Å². The first kappa shape index (κ1) is 29.1. The van der Waals surface area contributed by atoms with Crippen LogP contribution < -0.4 is 0 Å². The molecule has 2 aliphatic rings. The molecule has 8 rings (SSSR count). The third-order valence-corrected chi connectivity index (χ3v) is 14.1. The van der Waals surface area contributed by atoms with E-state index in [1.165, 1.54) is 66.8 Å². The summed E-state index contributed by atoms with van der Waals surface area (Å²) in [6.07, 6.45) is 6.66. The number of aromatic nitrogens is 8. The maximum Gasteiger partial charge on any atom is 0.143 e. The predicted molar refractivity (Wildman–Crippen MR) is 189 cm³/mol. The van der Waals surface area contributed by atoms with Gasteiger partial charge in [0.05, 0.1) is 19.4 Å². The smallest absolute Gasteiger partial charge is 0.143 e. The average molecular weight is 633 g/mol. The number of tetrazole rings is 2. The van der Waals surface area contributed by atoms with E-state index in [1.54, 1.807) is 27.2 Å². The van der Waals surface area contributed by atoms with Gasteiger partial charge in [-0.25, -0.2) is 9.36 Å². The normalized spacial score (nSPS) is 15.6. The van der Waals surface area contributed by atoms with Crippen molar-refractivity contribution in [3.8, 4) is 33.6 Å². The highest BCUT2D eigenvalue weighted by atomic mass is 28.3. The summed E-state index contributed by atoms with van der Waals surface area (Å²) in [5.41, 5.74) is 17.9. The van der Waals surface area contributed by atoms with Gasteiger partial charge in [-0.3, -0.25) is 0 Å². The molecule has 47 heavy (non-hydrogen) atoms. The summed E-state index contributed by atoms with van der Waals surface area (Å²) in [5, 5.41) is 25.7. The first-order chi connectivity index (χ1) is 22.7. The third kappa shape index (κ3) is 4.80. The Bertz CT molecular complexity index is 2210. The summed E-state index contributed by atoms with van der Waals surface area (Å²) in [4.78, 5) is 0. The van der Waals surface area contributed by atoms with Gasteiger partial charge in [0.2, 0.25) is 0 Å². The molecule has 0 saturated heterocycles. The van der Waals surface area contributed by atoms with Crippen molar-refractivity contribution in [2.45, 2.75) is 52.8 Å². The summed E-state index contributed by atoms with van der Waals surface area (Å²) < 4.78 is 3.52. The van der Waals surface area contributed by atoms with Crippen LogP contribution in [-0.4, -0.2) is 48.5 Å². The molecule has 0 N–H and O–H groups in total. The van der Waals surface area contributed by atoms with Gasteiger partial charge in [0.1, 0.15) is 12.7 Å². The Balaban J connectivity index is 1.33. The molecule has 4 aromatic carbocycles. The lowest BCUT2D eigenvalue weighted by Gasteiger charge is -2.36. The van der Waals surface area contributed by atoms with Gasteiger partial charge in [-0.2, -0.15) is 0 Å². The van der Waals surface area contributed by atoms with Gasteiger partial charge in [-0.15, -0.1) is 10.2 Å². The van der Waals surface area contributed by atoms with Gasteiger partial charge in [0.15, 0.2) is 0 Å². The van der Waals surface area contributed by atoms with Gasteiger partial charge in [0, 0.05) is 5.54 Å². The van der Waals surface area contributed by atoms with E-state index in [1.807, 2.05) is 0 Å². The molecule has 0 amide bonds. The second-order valence-electron chi connectivity index (χ2n) is 13.6. The molecule has 232 valence electrons. The number of aryl methyl sites for hydroxylation is 2. The highest BCUT2D eigenvalue weighted by Gasteiger charge is 2.46. The zero-order valence-electron chi connectivity index (χ0n) is 27.5. The largest absolute Gasteiger partial charge is 0.201 e. The summed E-state index contributed by atoms with van der Waals surface area (Å²) in [7, 11) is -2.27. The Hall–Kier alpha value is -5.28. The maximum absolute atomic E-state index is 4.24. The molecule has 0 spiro atoms. The number of benzene rings is 4. The first-order valence-corrected chi connectivity index (χ1v) is 19.1. The van der Waals surface area contributed by atoms with E-state index >= 15 is 0 Å². The average Bonchev–Trinajstić information content (AvgIpc) is 3.87. The van der Waals surface area contributed by atoms with Crippen LogP contribution in [0.1, 0.15) is 52.8 Å². The second-order valence-corrected chi connectivity index (χ2v) is 18.2. The summed E-state index contributed by atoms with van der Waals surface area (Å²) in [5.74, 6) is 0. The van der Waals surface area contributed by atoms with E-state index in [0.717, 1.165) is 17.8 Å². The van der Waals surface area contributed by atoms with Crippen molar-refractivity contribution in [3.63, 3.8) is 0 Å². The topological polar surface area (TPSA) is 87.2 Å². The molecule has 0 bridgehead atoms. The molecule has 9 heteroatoms. The molecule has 0 saturated carbocycles. The Labute approximate surface area is 275 Å². The molecule has 6 aromatic rings. The molecular formula is C38H36N8Si. The fraction of sp³-hybridized carbons (Fsp3) is 0.211. The van der Waals surface area contributed by atoms with Crippen molar-refractivity contribution in [1.29, 1.82) is 0 Å². The number of hydrogen-bond acceptors (Lipinski definition) is 6. The minimum atomic E-state index is -2.27. The lowest BCUT2D eigenvalue weighted by molar-refractivity contribution is 0.788. The van der Waals surface area contributed by atoms with E-state index < -0.39 is 8.07 Å². The first-order valence-electron chi connectivity index (χ1n) is 16.0. The van der Waals surface area contributed by atoms with Crippen molar-refractivity contribution >= 4 is 19.3 Å². The minimum absolute atomic E-state index is 0.290. The Morgan fingerprint density at radius 1 is 0.681 bits per heavy atom.